The first-order chi connectivity index (χ1) is 10.1. The summed E-state index contributed by atoms with van der Waals surface area (Å²) < 4.78 is 1.24. The molecule has 3 heteroatoms. The fraction of sp³-hybridized carbons (Fsp3) is 0.333. The van der Waals surface area contributed by atoms with E-state index in [1.165, 1.54) is 27.6 Å². The number of halogens is 2. The smallest absolute Gasteiger partial charge is 0.0408 e. The van der Waals surface area contributed by atoms with Crippen molar-refractivity contribution in [2.45, 2.75) is 38.3 Å². The van der Waals surface area contributed by atoms with Crippen molar-refractivity contribution >= 4 is 27.5 Å². The van der Waals surface area contributed by atoms with Crippen LogP contribution in [0, 0.1) is 0 Å². The lowest BCUT2D eigenvalue weighted by molar-refractivity contribution is 0.451. The molecule has 3 rings (SSSR count). The van der Waals surface area contributed by atoms with E-state index in [4.69, 9.17) is 11.6 Å². The number of fused-ring (bicyclic) bond motifs is 1. The number of hydrogen-bond acceptors (Lipinski definition) is 1. The van der Waals surface area contributed by atoms with Crippen LogP contribution in [-0.2, 0) is 12.8 Å². The van der Waals surface area contributed by atoms with E-state index in [-0.39, 0.29) is 0 Å². The van der Waals surface area contributed by atoms with E-state index >= 15 is 0 Å². The maximum Gasteiger partial charge on any atom is 0.0408 e. The van der Waals surface area contributed by atoms with Crippen LogP contribution in [0.2, 0.25) is 5.02 Å². The van der Waals surface area contributed by atoms with Gasteiger partial charge in [-0.15, -0.1) is 0 Å². The summed E-state index contributed by atoms with van der Waals surface area (Å²) in [5, 5.41) is 4.58. The van der Waals surface area contributed by atoms with Crippen LogP contribution in [0.5, 0.6) is 0 Å². The van der Waals surface area contributed by atoms with Gasteiger partial charge in [0.2, 0.25) is 0 Å². The average Bonchev–Trinajstić information content (AvgIpc) is 2.83. The Labute approximate surface area is 139 Å². The quantitative estimate of drug-likeness (QED) is 0.775. The zero-order valence-corrected chi connectivity index (χ0v) is 14.4. The molecule has 21 heavy (non-hydrogen) atoms. The molecule has 0 aromatic heterocycles. The number of rotatable bonds is 4. The predicted octanol–water partition coefficient (Wildman–Crippen LogP) is 5.31. The molecule has 0 radical (unpaired) electrons. The van der Waals surface area contributed by atoms with Crippen LogP contribution in [0.1, 0.15) is 36.1 Å². The standard InChI is InChI=1S/C18H19BrClN/c1-12(10-13-4-2-5-14(20)11-13)21-18-9-8-15-16(18)6-3-7-17(15)19/h2-7,11-12,18,21H,8-10H2,1H3. The van der Waals surface area contributed by atoms with Gasteiger partial charge in [0.15, 0.2) is 0 Å². The minimum atomic E-state index is 0.429. The molecule has 0 spiro atoms. The topological polar surface area (TPSA) is 12.0 Å². The summed E-state index contributed by atoms with van der Waals surface area (Å²) >= 11 is 9.72. The highest BCUT2D eigenvalue weighted by Crippen LogP contribution is 2.35. The van der Waals surface area contributed by atoms with Crippen molar-refractivity contribution in [3.8, 4) is 0 Å². The lowest BCUT2D eigenvalue weighted by atomic mass is 10.0. The normalized spacial score (nSPS) is 18.5. The molecule has 2 aromatic carbocycles. The van der Waals surface area contributed by atoms with Crippen LogP contribution >= 0.6 is 27.5 Å². The molecule has 1 aliphatic carbocycles. The Morgan fingerprint density at radius 1 is 1.29 bits per heavy atom. The minimum absolute atomic E-state index is 0.429. The molecular weight excluding hydrogens is 346 g/mol. The number of nitrogens with one attached hydrogen (secondary N) is 1. The van der Waals surface area contributed by atoms with Gasteiger partial charge < -0.3 is 5.32 Å². The second-order valence-corrected chi connectivity index (χ2v) is 7.09. The van der Waals surface area contributed by atoms with Gasteiger partial charge in [-0.1, -0.05) is 51.8 Å². The summed E-state index contributed by atoms with van der Waals surface area (Å²) in [4.78, 5) is 0. The molecular formula is C18H19BrClN. The largest absolute Gasteiger partial charge is 0.307 e. The molecule has 2 unspecified atom stereocenters. The van der Waals surface area contributed by atoms with Gasteiger partial charge in [-0.3, -0.25) is 0 Å². The van der Waals surface area contributed by atoms with Gasteiger partial charge in [0.25, 0.3) is 0 Å². The highest BCUT2D eigenvalue weighted by atomic mass is 79.9. The van der Waals surface area contributed by atoms with E-state index in [1.54, 1.807) is 0 Å². The Hall–Kier alpha value is -0.830. The summed E-state index contributed by atoms with van der Waals surface area (Å²) in [5.74, 6) is 0. The monoisotopic (exact) mass is 363 g/mol. The Morgan fingerprint density at radius 3 is 2.90 bits per heavy atom. The van der Waals surface area contributed by atoms with Crippen LogP contribution in [0.4, 0.5) is 0 Å². The van der Waals surface area contributed by atoms with Crippen LogP contribution < -0.4 is 5.32 Å². The minimum Gasteiger partial charge on any atom is -0.307 e. The molecule has 1 N–H and O–H groups in total. The number of hydrogen-bond donors (Lipinski definition) is 1. The molecule has 0 bridgehead atoms. The van der Waals surface area contributed by atoms with E-state index in [0.29, 0.717) is 12.1 Å². The van der Waals surface area contributed by atoms with Crippen molar-refractivity contribution in [2.75, 3.05) is 0 Å². The zero-order valence-electron chi connectivity index (χ0n) is 12.1. The fourth-order valence-electron chi connectivity index (χ4n) is 3.20. The van der Waals surface area contributed by atoms with Crippen molar-refractivity contribution < 1.29 is 0 Å². The molecule has 0 aliphatic heterocycles. The Morgan fingerprint density at radius 2 is 2.10 bits per heavy atom. The summed E-state index contributed by atoms with van der Waals surface area (Å²) in [7, 11) is 0. The molecule has 0 fully saturated rings. The van der Waals surface area contributed by atoms with Gasteiger partial charge in [0, 0.05) is 21.6 Å². The SMILES string of the molecule is CC(Cc1cccc(Cl)c1)NC1CCc2c(Br)cccc21. The maximum atomic E-state index is 6.06. The van der Waals surface area contributed by atoms with Crippen LogP contribution in [0.25, 0.3) is 0 Å². The Bertz CT molecular complexity index is 641. The van der Waals surface area contributed by atoms with Crippen LogP contribution in [-0.4, -0.2) is 6.04 Å². The van der Waals surface area contributed by atoms with Gasteiger partial charge in [-0.05, 0) is 61.1 Å². The molecule has 0 saturated heterocycles. The summed E-state index contributed by atoms with van der Waals surface area (Å²) in [6.45, 7) is 2.25. The summed E-state index contributed by atoms with van der Waals surface area (Å²) in [6.07, 6.45) is 3.33. The first-order valence-corrected chi connectivity index (χ1v) is 8.58. The van der Waals surface area contributed by atoms with Crippen molar-refractivity contribution in [1.82, 2.24) is 5.32 Å². The Kier molecular flexibility index (Phi) is 4.68. The second-order valence-electron chi connectivity index (χ2n) is 5.80. The average molecular weight is 365 g/mol. The molecule has 2 aromatic rings. The number of benzene rings is 2. The third-order valence-electron chi connectivity index (χ3n) is 4.13. The molecule has 110 valence electrons. The maximum absolute atomic E-state index is 6.06. The lowest BCUT2D eigenvalue weighted by Gasteiger charge is -2.20. The van der Waals surface area contributed by atoms with Gasteiger partial charge >= 0.3 is 0 Å². The van der Waals surface area contributed by atoms with Crippen LogP contribution in [0.15, 0.2) is 46.9 Å². The highest BCUT2D eigenvalue weighted by molar-refractivity contribution is 9.10. The molecule has 1 nitrogen and oxygen atoms in total. The summed E-state index contributed by atoms with van der Waals surface area (Å²) in [6, 6.07) is 15.5. The molecule has 0 amide bonds. The first-order valence-electron chi connectivity index (χ1n) is 7.41. The molecule has 1 aliphatic rings. The first kappa shape index (κ1) is 15.1. The highest BCUT2D eigenvalue weighted by Gasteiger charge is 2.24. The van der Waals surface area contributed by atoms with Crippen LogP contribution in [0.3, 0.4) is 0 Å². The molecule has 2 atom stereocenters. The third kappa shape index (κ3) is 3.50. The van der Waals surface area contributed by atoms with Crippen molar-refractivity contribution in [3.05, 3.63) is 68.7 Å². The molecule has 0 saturated carbocycles. The fourth-order valence-corrected chi connectivity index (χ4v) is 4.00. The second kappa shape index (κ2) is 6.51. The van der Waals surface area contributed by atoms with E-state index in [0.717, 1.165) is 17.9 Å². The van der Waals surface area contributed by atoms with Gasteiger partial charge in [-0.2, -0.15) is 0 Å². The van der Waals surface area contributed by atoms with E-state index < -0.39 is 0 Å². The van der Waals surface area contributed by atoms with Gasteiger partial charge in [0.1, 0.15) is 0 Å². The van der Waals surface area contributed by atoms with Gasteiger partial charge in [0.05, 0.1) is 0 Å². The lowest BCUT2D eigenvalue weighted by Crippen LogP contribution is -2.31. The van der Waals surface area contributed by atoms with E-state index in [9.17, 15) is 0 Å². The third-order valence-corrected chi connectivity index (χ3v) is 5.11. The van der Waals surface area contributed by atoms with E-state index in [1.807, 2.05) is 12.1 Å². The van der Waals surface area contributed by atoms with Crippen molar-refractivity contribution in [3.63, 3.8) is 0 Å². The Balaban J connectivity index is 1.67. The van der Waals surface area contributed by atoms with E-state index in [2.05, 4.69) is 58.5 Å². The van der Waals surface area contributed by atoms with Crippen molar-refractivity contribution in [2.24, 2.45) is 0 Å². The molecule has 0 heterocycles. The zero-order chi connectivity index (χ0) is 14.8. The predicted molar refractivity (Wildman–Crippen MR) is 93.0 cm³/mol. The summed E-state index contributed by atoms with van der Waals surface area (Å²) in [5.41, 5.74) is 4.20. The van der Waals surface area contributed by atoms with Crippen molar-refractivity contribution in [1.29, 1.82) is 0 Å². The van der Waals surface area contributed by atoms with Gasteiger partial charge in [-0.25, -0.2) is 0 Å².